The van der Waals surface area contributed by atoms with E-state index in [4.69, 9.17) is 14.2 Å². The highest BCUT2D eigenvalue weighted by Crippen LogP contribution is 2.23. The summed E-state index contributed by atoms with van der Waals surface area (Å²) < 4.78 is 15.6. The number of anilines is 1. The first-order valence-electron chi connectivity index (χ1n) is 9.65. The van der Waals surface area contributed by atoms with Crippen molar-refractivity contribution in [3.63, 3.8) is 0 Å². The van der Waals surface area contributed by atoms with Gasteiger partial charge in [-0.25, -0.2) is 5.43 Å². The van der Waals surface area contributed by atoms with Crippen molar-refractivity contribution in [2.45, 2.75) is 0 Å². The Kier molecular flexibility index (Phi) is 7.42. The highest BCUT2D eigenvalue weighted by Gasteiger charge is 2.14. The second-order valence-corrected chi connectivity index (χ2v) is 6.54. The number of amides is 2. The fraction of sp³-hybridized carbons (Fsp3) is 0.125. The first-order valence-corrected chi connectivity index (χ1v) is 9.65. The Bertz CT molecular complexity index is 1130. The zero-order valence-corrected chi connectivity index (χ0v) is 17.9. The number of hydrazone groups is 1. The molecule has 0 aliphatic rings. The van der Waals surface area contributed by atoms with Gasteiger partial charge in [0, 0.05) is 17.2 Å². The van der Waals surface area contributed by atoms with E-state index in [0.717, 1.165) is 0 Å². The van der Waals surface area contributed by atoms with Crippen LogP contribution in [0.2, 0.25) is 0 Å². The molecule has 0 bridgehead atoms. The minimum Gasteiger partial charge on any atom is -0.497 e. The Morgan fingerprint density at radius 3 is 2.19 bits per heavy atom. The van der Waals surface area contributed by atoms with E-state index in [0.29, 0.717) is 34.1 Å². The summed E-state index contributed by atoms with van der Waals surface area (Å²) >= 11 is 0. The number of hydrogen-bond acceptors (Lipinski definition) is 6. The molecule has 2 amide bonds. The Morgan fingerprint density at radius 2 is 1.50 bits per heavy atom. The second kappa shape index (κ2) is 10.6. The molecule has 0 unspecified atom stereocenters. The number of para-hydroxylation sites is 1. The molecule has 164 valence electrons. The van der Waals surface area contributed by atoms with Crippen LogP contribution in [0, 0.1) is 0 Å². The van der Waals surface area contributed by atoms with Crippen LogP contribution >= 0.6 is 0 Å². The van der Waals surface area contributed by atoms with Crippen LogP contribution in [-0.2, 0) is 0 Å². The molecule has 0 atom stereocenters. The van der Waals surface area contributed by atoms with Crippen LogP contribution in [-0.4, -0.2) is 39.4 Å². The number of carbonyl (C=O) groups excluding carboxylic acids is 2. The van der Waals surface area contributed by atoms with E-state index < -0.39 is 5.91 Å². The van der Waals surface area contributed by atoms with Crippen molar-refractivity contribution in [3.8, 4) is 17.2 Å². The summed E-state index contributed by atoms with van der Waals surface area (Å²) in [5.41, 5.74) is 4.20. The molecule has 0 radical (unpaired) electrons. The van der Waals surface area contributed by atoms with Crippen molar-refractivity contribution in [2.75, 3.05) is 26.6 Å². The molecule has 3 rings (SSSR count). The van der Waals surface area contributed by atoms with Crippen molar-refractivity contribution in [1.82, 2.24) is 5.43 Å². The number of carbonyl (C=O) groups is 2. The van der Waals surface area contributed by atoms with E-state index in [2.05, 4.69) is 15.8 Å². The van der Waals surface area contributed by atoms with Gasteiger partial charge in [0.2, 0.25) is 0 Å². The van der Waals surface area contributed by atoms with Crippen LogP contribution in [0.25, 0.3) is 0 Å². The van der Waals surface area contributed by atoms with E-state index in [1.807, 2.05) is 0 Å². The normalized spacial score (nSPS) is 10.5. The molecule has 8 heteroatoms. The van der Waals surface area contributed by atoms with Crippen LogP contribution in [0.1, 0.15) is 26.3 Å². The van der Waals surface area contributed by atoms with Crippen LogP contribution in [0.3, 0.4) is 0 Å². The molecule has 8 nitrogen and oxygen atoms in total. The Labute approximate surface area is 185 Å². The summed E-state index contributed by atoms with van der Waals surface area (Å²) in [4.78, 5) is 25.2. The van der Waals surface area contributed by atoms with E-state index in [1.54, 1.807) is 80.9 Å². The maximum atomic E-state index is 12.7. The van der Waals surface area contributed by atoms with Crippen LogP contribution < -0.4 is 25.0 Å². The van der Waals surface area contributed by atoms with Gasteiger partial charge in [0.15, 0.2) is 0 Å². The molecule has 0 aliphatic carbocycles. The molecule has 0 saturated carbocycles. The Balaban J connectivity index is 1.71. The predicted octanol–water partition coefficient (Wildman–Crippen LogP) is 3.73. The summed E-state index contributed by atoms with van der Waals surface area (Å²) in [6.07, 6.45) is 1.47. The smallest absolute Gasteiger partial charge is 0.273 e. The number of ether oxygens (including phenoxy) is 3. The van der Waals surface area contributed by atoms with Crippen molar-refractivity contribution in [2.24, 2.45) is 5.10 Å². The lowest BCUT2D eigenvalue weighted by Crippen LogP contribution is -2.21. The van der Waals surface area contributed by atoms with Gasteiger partial charge in [-0.05, 0) is 48.5 Å². The van der Waals surface area contributed by atoms with Crippen molar-refractivity contribution < 1.29 is 23.8 Å². The monoisotopic (exact) mass is 433 g/mol. The molecule has 0 fully saturated rings. The zero-order chi connectivity index (χ0) is 22.9. The third kappa shape index (κ3) is 5.42. The molecular formula is C24H23N3O5. The summed E-state index contributed by atoms with van der Waals surface area (Å²) in [6.45, 7) is 0. The van der Waals surface area contributed by atoms with Gasteiger partial charge in [0.1, 0.15) is 17.2 Å². The summed E-state index contributed by atoms with van der Waals surface area (Å²) in [5, 5.41) is 6.77. The van der Waals surface area contributed by atoms with Gasteiger partial charge in [0.05, 0.1) is 38.8 Å². The number of nitrogens with one attached hydrogen (secondary N) is 2. The fourth-order valence-corrected chi connectivity index (χ4v) is 2.87. The molecule has 0 aliphatic heterocycles. The molecule has 3 aromatic rings. The van der Waals surface area contributed by atoms with Gasteiger partial charge in [-0.2, -0.15) is 5.10 Å². The molecule has 32 heavy (non-hydrogen) atoms. The molecular weight excluding hydrogens is 410 g/mol. The first kappa shape index (κ1) is 22.4. The van der Waals surface area contributed by atoms with E-state index in [9.17, 15) is 9.59 Å². The lowest BCUT2D eigenvalue weighted by atomic mass is 10.1. The number of nitrogens with zero attached hydrogens (tertiary/aromatic N) is 1. The highest BCUT2D eigenvalue weighted by atomic mass is 16.5. The SMILES string of the molecule is COc1ccc(C(=O)Nc2ccccc2C(=O)N/N=C\c2ccc(OC)cc2OC)cc1. The first-order chi connectivity index (χ1) is 15.5. The minimum absolute atomic E-state index is 0.271. The lowest BCUT2D eigenvalue weighted by molar-refractivity contribution is 0.0956. The third-order valence-electron chi connectivity index (χ3n) is 4.58. The van der Waals surface area contributed by atoms with E-state index >= 15 is 0 Å². The molecule has 0 aromatic heterocycles. The number of methoxy groups -OCH3 is 3. The van der Waals surface area contributed by atoms with Crippen LogP contribution in [0.5, 0.6) is 17.2 Å². The molecule has 0 heterocycles. The quantitative estimate of drug-likeness (QED) is 0.417. The Hall–Kier alpha value is -4.33. The van der Waals surface area contributed by atoms with Gasteiger partial charge in [-0.1, -0.05) is 12.1 Å². The largest absolute Gasteiger partial charge is 0.497 e. The minimum atomic E-state index is -0.473. The number of rotatable bonds is 8. The van der Waals surface area contributed by atoms with Crippen LogP contribution in [0.4, 0.5) is 5.69 Å². The van der Waals surface area contributed by atoms with Crippen molar-refractivity contribution >= 4 is 23.7 Å². The van der Waals surface area contributed by atoms with Gasteiger partial charge in [-0.15, -0.1) is 0 Å². The van der Waals surface area contributed by atoms with Gasteiger partial charge < -0.3 is 19.5 Å². The zero-order valence-electron chi connectivity index (χ0n) is 17.9. The third-order valence-corrected chi connectivity index (χ3v) is 4.58. The summed E-state index contributed by atoms with van der Waals surface area (Å²) in [7, 11) is 4.65. The molecule has 0 saturated heterocycles. The maximum Gasteiger partial charge on any atom is 0.273 e. The lowest BCUT2D eigenvalue weighted by Gasteiger charge is -2.10. The molecule has 2 N–H and O–H groups in total. The standard InChI is InChI=1S/C24H23N3O5/c1-30-18-11-8-16(9-12-18)23(28)26-21-7-5-4-6-20(21)24(29)27-25-15-17-10-13-19(31-2)14-22(17)32-3/h4-15H,1-3H3,(H,26,28)(H,27,29)/b25-15-. The number of benzene rings is 3. The fourth-order valence-electron chi connectivity index (χ4n) is 2.87. The summed E-state index contributed by atoms with van der Waals surface area (Å²) in [5.74, 6) is 1.02. The maximum absolute atomic E-state index is 12.7. The molecule has 0 spiro atoms. The average Bonchev–Trinajstić information content (AvgIpc) is 2.84. The second-order valence-electron chi connectivity index (χ2n) is 6.54. The van der Waals surface area contributed by atoms with Crippen molar-refractivity contribution in [1.29, 1.82) is 0 Å². The topological polar surface area (TPSA) is 98.2 Å². The number of hydrogen-bond donors (Lipinski definition) is 2. The Morgan fingerprint density at radius 1 is 0.812 bits per heavy atom. The van der Waals surface area contributed by atoms with Gasteiger partial charge in [0.25, 0.3) is 11.8 Å². The van der Waals surface area contributed by atoms with E-state index in [-0.39, 0.29) is 11.5 Å². The van der Waals surface area contributed by atoms with E-state index in [1.165, 1.54) is 13.3 Å². The molecule has 3 aromatic carbocycles. The average molecular weight is 433 g/mol. The summed E-state index contributed by atoms with van der Waals surface area (Å²) in [6, 6.07) is 18.6. The van der Waals surface area contributed by atoms with Gasteiger partial charge >= 0.3 is 0 Å². The van der Waals surface area contributed by atoms with Crippen molar-refractivity contribution in [3.05, 3.63) is 83.4 Å². The van der Waals surface area contributed by atoms with Crippen LogP contribution in [0.15, 0.2) is 71.8 Å². The van der Waals surface area contributed by atoms with Gasteiger partial charge in [-0.3, -0.25) is 9.59 Å². The highest BCUT2D eigenvalue weighted by molar-refractivity contribution is 6.09. The predicted molar refractivity (Wildman–Crippen MR) is 122 cm³/mol.